The highest BCUT2D eigenvalue weighted by Gasteiger charge is 2.31. The predicted molar refractivity (Wildman–Crippen MR) is 77.0 cm³/mol. The highest BCUT2D eigenvalue weighted by atomic mass is 32.2. The SMILES string of the molecule is CNCCn1cc(S(=O)(=O)N2CCN(C)C(C)C2)cn1. The Hall–Kier alpha value is -0.960. The van der Waals surface area contributed by atoms with Crippen LogP contribution in [0, 0.1) is 0 Å². The Bertz CT molecular complexity index is 542. The van der Waals surface area contributed by atoms with E-state index in [4.69, 9.17) is 0 Å². The maximum Gasteiger partial charge on any atom is 0.246 e. The van der Waals surface area contributed by atoms with Gasteiger partial charge in [-0.15, -0.1) is 0 Å². The van der Waals surface area contributed by atoms with E-state index in [1.54, 1.807) is 15.2 Å². The number of hydrogen-bond donors (Lipinski definition) is 1. The number of sulfonamides is 1. The second-order valence-corrected chi connectivity index (χ2v) is 7.17. The molecule has 1 unspecified atom stereocenters. The van der Waals surface area contributed by atoms with Crippen LogP contribution in [-0.2, 0) is 16.6 Å². The van der Waals surface area contributed by atoms with Crippen LogP contribution < -0.4 is 5.32 Å². The summed E-state index contributed by atoms with van der Waals surface area (Å²) in [6, 6.07) is 0.234. The molecule has 1 fully saturated rings. The summed E-state index contributed by atoms with van der Waals surface area (Å²) in [5.41, 5.74) is 0. The van der Waals surface area contributed by atoms with Crippen LogP contribution in [0.1, 0.15) is 6.92 Å². The van der Waals surface area contributed by atoms with Gasteiger partial charge in [-0.2, -0.15) is 9.40 Å². The molecule has 2 rings (SSSR count). The molecule has 114 valence electrons. The van der Waals surface area contributed by atoms with Gasteiger partial charge >= 0.3 is 0 Å². The standard InChI is InChI=1S/C12H23N5O2S/c1-11-9-17(7-6-15(11)3)20(18,19)12-8-14-16(10-12)5-4-13-2/h8,10-11,13H,4-7,9H2,1-3H3. The largest absolute Gasteiger partial charge is 0.318 e. The minimum absolute atomic E-state index is 0.234. The highest BCUT2D eigenvalue weighted by Crippen LogP contribution is 2.18. The third-order valence-corrected chi connectivity index (χ3v) is 5.58. The molecular formula is C12H23N5O2S. The molecule has 2 heterocycles. The minimum Gasteiger partial charge on any atom is -0.318 e. The lowest BCUT2D eigenvalue weighted by Crippen LogP contribution is -2.51. The topological polar surface area (TPSA) is 70.5 Å². The van der Waals surface area contributed by atoms with Crippen molar-refractivity contribution in [3.8, 4) is 0 Å². The number of nitrogens with zero attached hydrogens (tertiary/aromatic N) is 4. The molecular weight excluding hydrogens is 278 g/mol. The number of nitrogens with one attached hydrogen (secondary N) is 1. The summed E-state index contributed by atoms with van der Waals surface area (Å²) in [6.45, 7) is 5.27. The van der Waals surface area contributed by atoms with Crippen molar-refractivity contribution < 1.29 is 8.42 Å². The lowest BCUT2D eigenvalue weighted by molar-refractivity contribution is 0.159. The normalized spacial score (nSPS) is 22.2. The summed E-state index contributed by atoms with van der Waals surface area (Å²) in [6.07, 6.45) is 3.05. The van der Waals surface area contributed by atoms with Crippen LogP contribution in [0.4, 0.5) is 0 Å². The molecule has 1 aromatic heterocycles. The Kier molecular flexibility index (Phi) is 4.79. The van der Waals surface area contributed by atoms with E-state index in [-0.39, 0.29) is 10.9 Å². The molecule has 0 aromatic carbocycles. The highest BCUT2D eigenvalue weighted by molar-refractivity contribution is 7.89. The molecule has 0 aliphatic carbocycles. The molecule has 0 amide bonds. The van der Waals surface area contributed by atoms with E-state index in [2.05, 4.69) is 15.3 Å². The number of piperazine rings is 1. The Morgan fingerprint density at radius 2 is 2.20 bits per heavy atom. The zero-order chi connectivity index (χ0) is 14.8. The van der Waals surface area contributed by atoms with E-state index in [0.29, 0.717) is 19.6 Å². The van der Waals surface area contributed by atoms with Gasteiger partial charge in [0.15, 0.2) is 0 Å². The van der Waals surface area contributed by atoms with Crippen LogP contribution in [0.5, 0.6) is 0 Å². The van der Waals surface area contributed by atoms with Crippen molar-refractivity contribution in [3.05, 3.63) is 12.4 Å². The van der Waals surface area contributed by atoms with Gasteiger partial charge in [0.1, 0.15) is 4.90 Å². The fraction of sp³-hybridized carbons (Fsp3) is 0.750. The lowest BCUT2D eigenvalue weighted by atomic mass is 10.2. The van der Waals surface area contributed by atoms with Gasteiger partial charge in [-0.3, -0.25) is 4.68 Å². The van der Waals surface area contributed by atoms with E-state index in [1.165, 1.54) is 6.20 Å². The van der Waals surface area contributed by atoms with Crippen molar-refractivity contribution >= 4 is 10.0 Å². The predicted octanol–water partition coefficient (Wildman–Crippen LogP) is -0.573. The van der Waals surface area contributed by atoms with Crippen molar-refractivity contribution in [2.75, 3.05) is 40.3 Å². The monoisotopic (exact) mass is 301 g/mol. The maximum absolute atomic E-state index is 12.6. The molecule has 1 saturated heterocycles. The summed E-state index contributed by atoms with van der Waals surface area (Å²) >= 11 is 0. The first-order chi connectivity index (χ1) is 9.45. The Morgan fingerprint density at radius 1 is 1.45 bits per heavy atom. The zero-order valence-corrected chi connectivity index (χ0v) is 13.1. The number of likely N-dealkylation sites (N-methyl/N-ethyl adjacent to an activating group) is 2. The number of rotatable bonds is 5. The van der Waals surface area contributed by atoms with Gasteiger partial charge in [0, 0.05) is 38.4 Å². The first-order valence-electron chi connectivity index (χ1n) is 6.82. The third kappa shape index (κ3) is 3.20. The first-order valence-corrected chi connectivity index (χ1v) is 8.26. The van der Waals surface area contributed by atoms with Crippen molar-refractivity contribution in [3.63, 3.8) is 0 Å². The Morgan fingerprint density at radius 3 is 2.85 bits per heavy atom. The Balaban J connectivity index is 2.12. The summed E-state index contributed by atoms with van der Waals surface area (Å²) in [7, 11) is 0.453. The van der Waals surface area contributed by atoms with Crippen LogP contribution in [0.2, 0.25) is 0 Å². The third-order valence-electron chi connectivity index (χ3n) is 3.76. The van der Waals surface area contributed by atoms with Gasteiger partial charge in [0.05, 0.1) is 12.7 Å². The fourth-order valence-electron chi connectivity index (χ4n) is 2.21. The van der Waals surface area contributed by atoms with Crippen LogP contribution in [0.15, 0.2) is 17.3 Å². The molecule has 0 spiro atoms. The molecule has 20 heavy (non-hydrogen) atoms. The average molecular weight is 301 g/mol. The molecule has 0 bridgehead atoms. The lowest BCUT2D eigenvalue weighted by Gasteiger charge is -2.36. The summed E-state index contributed by atoms with van der Waals surface area (Å²) in [4.78, 5) is 2.45. The molecule has 8 heteroatoms. The van der Waals surface area contributed by atoms with Crippen LogP contribution in [-0.4, -0.2) is 73.7 Å². The Labute approximate surface area is 120 Å². The molecule has 1 atom stereocenters. The summed E-state index contributed by atoms with van der Waals surface area (Å²) in [5.74, 6) is 0. The van der Waals surface area contributed by atoms with E-state index in [1.807, 2.05) is 21.0 Å². The number of hydrogen-bond acceptors (Lipinski definition) is 5. The average Bonchev–Trinajstić information content (AvgIpc) is 2.89. The molecule has 1 aromatic rings. The van der Waals surface area contributed by atoms with Gasteiger partial charge in [-0.05, 0) is 21.0 Å². The van der Waals surface area contributed by atoms with Crippen molar-refractivity contribution in [1.29, 1.82) is 0 Å². The minimum atomic E-state index is -3.42. The molecule has 7 nitrogen and oxygen atoms in total. The number of aromatic nitrogens is 2. The quantitative estimate of drug-likeness (QED) is 0.788. The van der Waals surface area contributed by atoms with Crippen molar-refractivity contribution in [2.24, 2.45) is 0 Å². The van der Waals surface area contributed by atoms with Crippen molar-refractivity contribution in [1.82, 2.24) is 24.3 Å². The summed E-state index contributed by atoms with van der Waals surface area (Å²) < 4.78 is 28.3. The first kappa shape index (κ1) is 15.4. The van der Waals surface area contributed by atoms with Gasteiger partial charge in [-0.1, -0.05) is 0 Å². The molecule has 0 saturated carbocycles. The van der Waals surface area contributed by atoms with E-state index >= 15 is 0 Å². The molecule has 1 aliphatic rings. The van der Waals surface area contributed by atoms with E-state index < -0.39 is 10.0 Å². The molecule has 1 aliphatic heterocycles. The molecule has 1 N–H and O–H groups in total. The van der Waals surface area contributed by atoms with Crippen LogP contribution in [0.3, 0.4) is 0 Å². The van der Waals surface area contributed by atoms with Gasteiger partial charge in [0.25, 0.3) is 0 Å². The smallest absolute Gasteiger partial charge is 0.246 e. The van der Waals surface area contributed by atoms with E-state index in [0.717, 1.165) is 13.1 Å². The van der Waals surface area contributed by atoms with Crippen LogP contribution in [0.25, 0.3) is 0 Å². The maximum atomic E-state index is 12.6. The zero-order valence-electron chi connectivity index (χ0n) is 12.3. The second kappa shape index (κ2) is 6.21. The van der Waals surface area contributed by atoms with E-state index in [9.17, 15) is 8.42 Å². The molecule has 0 radical (unpaired) electrons. The van der Waals surface area contributed by atoms with Gasteiger partial charge in [-0.25, -0.2) is 8.42 Å². The second-order valence-electron chi connectivity index (χ2n) is 5.24. The van der Waals surface area contributed by atoms with Gasteiger partial charge in [0.2, 0.25) is 10.0 Å². The van der Waals surface area contributed by atoms with Gasteiger partial charge < -0.3 is 10.2 Å². The summed E-state index contributed by atoms with van der Waals surface area (Å²) in [5, 5.41) is 7.12. The van der Waals surface area contributed by atoms with Crippen LogP contribution >= 0.6 is 0 Å². The van der Waals surface area contributed by atoms with Crippen molar-refractivity contribution in [2.45, 2.75) is 24.4 Å². The fourth-order valence-corrected chi connectivity index (χ4v) is 3.68.